The molecular weight excluding hydrogens is 1250 g/mol. The van der Waals surface area contributed by atoms with Gasteiger partial charge < -0.3 is 0 Å². The largest absolute Gasteiger partial charge is 0.208 e. The van der Waals surface area contributed by atoms with E-state index in [0.29, 0.717) is 34.9 Å². The molecule has 3 aliphatic rings. The Labute approximate surface area is 584 Å². The third-order valence-electron chi connectivity index (χ3n) is 21.1. The molecule has 18 aromatic rings. The summed E-state index contributed by atoms with van der Waals surface area (Å²) in [6, 6.07) is 119. The Morgan fingerprint density at radius 2 is 0.470 bits per heavy atom. The van der Waals surface area contributed by atoms with Gasteiger partial charge in [-0.1, -0.05) is 261 Å². The van der Waals surface area contributed by atoms with Crippen LogP contribution in [-0.4, -0.2) is 29.9 Å². The first-order valence-corrected chi connectivity index (χ1v) is 35.5. The van der Waals surface area contributed by atoms with Gasteiger partial charge in [0.25, 0.3) is 0 Å². The standard InChI is InChI=1S/C92H54N6S2/c1-4-20-56(21-5-1)85-93-87(97-89(94-85)61-43-48-83-73(53-61)68-29-13-18-34-81(68)99-83)60-42-47-80-72(52-60)67-28-12-17-33-77(67)92(80)76-32-16-11-27-66(76)70-50-58(40-45-79(70)92)55-36-38-57(39-37-55)86-95-88(98-90(96-86)62-44-49-84-74(54-62)69-30-14-19-35-82(69)100-84)59-41-46-78-71(51-59)65-26-10-15-31-75(65)91(78,63-22-6-2-7-23-63)64-24-8-3-9-25-64/h1-54H. The fourth-order valence-corrected chi connectivity index (χ4v) is 18.9. The van der Waals surface area contributed by atoms with E-state index in [9.17, 15) is 0 Å². The van der Waals surface area contributed by atoms with Crippen LogP contribution in [0.1, 0.15) is 44.5 Å². The van der Waals surface area contributed by atoms with E-state index in [0.717, 1.165) is 44.5 Å². The molecule has 0 N–H and O–H groups in total. The van der Waals surface area contributed by atoms with Gasteiger partial charge in [0, 0.05) is 73.7 Å². The van der Waals surface area contributed by atoms with Crippen LogP contribution >= 0.6 is 22.7 Å². The van der Waals surface area contributed by atoms with Crippen molar-refractivity contribution in [1.82, 2.24) is 29.9 Å². The molecule has 0 saturated heterocycles. The second kappa shape index (κ2) is 22.0. The number of aromatic nitrogens is 6. The lowest BCUT2D eigenvalue weighted by molar-refractivity contribution is 0.768. The first-order valence-electron chi connectivity index (χ1n) is 33.9. The van der Waals surface area contributed by atoms with E-state index in [-0.39, 0.29) is 0 Å². The average molecular weight is 1310 g/mol. The van der Waals surface area contributed by atoms with E-state index >= 15 is 0 Å². The van der Waals surface area contributed by atoms with Gasteiger partial charge in [-0.25, -0.2) is 29.9 Å². The molecule has 1 spiro atoms. The molecule has 0 radical (unpaired) electrons. The van der Waals surface area contributed by atoms with Crippen LogP contribution in [0, 0.1) is 0 Å². The van der Waals surface area contributed by atoms with E-state index in [1.165, 1.54) is 118 Å². The number of rotatable bonds is 9. The van der Waals surface area contributed by atoms with Gasteiger partial charge in [-0.15, -0.1) is 22.7 Å². The third kappa shape index (κ3) is 8.41. The lowest BCUT2D eigenvalue weighted by atomic mass is 9.67. The van der Waals surface area contributed by atoms with E-state index in [4.69, 9.17) is 29.9 Å². The molecule has 0 aliphatic heterocycles. The van der Waals surface area contributed by atoms with Gasteiger partial charge >= 0.3 is 0 Å². The van der Waals surface area contributed by atoms with Crippen molar-refractivity contribution in [2.24, 2.45) is 0 Å². The lowest BCUT2D eigenvalue weighted by Crippen LogP contribution is -2.28. The van der Waals surface area contributed by atoms with Gasteiger partial charge in [0.05, 0.1) is 10.8 Å². The maximum atomic E-state index is 5.43. The maximum Gasteiger partial charge on any atom is 0.164 e. The predicted octanol–water partition coefficient (Wildman–Crippen LogP) is 23.2. The molecule has 100 heavy (non-hydrogen) atoms. The molecule has 21 rings (SSSR count). The first kappa shape index (κ1) is 56.7. The zero-order valence-electron chi connectivity index (χ0n) is 53.7. The van der Waals surface area contributed by atoms with Gasteiger partial charge in [-0.05, 0) is 156 Å². The van der Waals surface area contributed by atoms with Crippen molar-refractivity contribution in [3.63, 3.8) is 0 Å². The molecule has 0 bridgehead atoms. The summed E-state index contributed by atoms with van der Waals surface area (Å²) >= 11 is 3.62. The molecule has 14 aromatic carbocycles. The molecule has 8 heteroatoms. The van der Waals surface area contributed by atoms with Crippen molar-refractivity contribution in [3.8, 4) is 113 Å². The van der Waals surface area contributed by atoms with Gasteiger partial charge in [-0.3, -0.25) is 0 Å². The lowest BCUT2D eigenvalue weighted by Gasteiger charge is -2.33. The maximum absolute atomic E-state index is 5.43. The molecule has 4 heterocycles. The van der Waals surface area contributed by atoms with Gasteiger partial charge in [0.1, 0.15) is 0 Å². The monoisotopic (exact) mass is 1310 g/mol. The number of hydrogen-bond donors (Lipinski definition) is 0. The fourth-order valence-electron chi connectivity index (χ4n) is 16.7. The van der Waals surface area contributed by atoms with Gasteiger partial charge in [-0.2, -0.15) is 0 Å². The highest BCUT2D eigenvalue weighted by Crippen LogP contribution is 2.64. The van der Waals surface area contributed by atoms with Crippen molar-refractivity contribution in [3.05, 3.63) is 372 Å². The van der Waals surface area contributed by atoms with Crippen molar-refractivity contribution in [2.45, 2.75) is 10.8 Å². The molecule has 464 valence electrons. The summed E-state index contributed by atoms with van der Waals surface area (Å²) in [6.45, 7) is 0. The molecule has 0 saturated carbocycles. The smallest absolute Gasteiger partial charge is 0.164 e. The number of hydrogen-bond acceptors (Lipinski definition) is 8. The SMILES string of the molecule is c1ccc(-c2nc(-c3ccc4c(c3)-c3ccccc3C43c4ccccc4-c4cc(-c5ccc(-c6nc(-c7ccc8c(c7)-c7ccccc7C8(c7ccccc7)c7ccccc7)nc(-c7ccc8sc9ccccc9c8c7)n6)cc5)ccc43)nc(-c3ccc4sc5ccccc5c4c3)n2)cc1. The van der Waals surface area contributed by atoms with E-state index in [2.05, 4.69) is 309 Å². The van der Waals surface area contributed by atoms with Gasteiger partial charge in [0.2, 0.25) is 0 Å². The minimum atomic E-state index is -0.568. The van der Waals surface area contributed by atoms with E-state index in [1.807, 2.05) is 40.9 Å². The van der Waals surface area contributed by atoms with E-state index < -0.39 is 10.8 Å². The Morgan fingerprint density at radius 1 is 0.180 bits per heavy atom. The second-order valence-electron chi connectivity index (χ2n) is 26.3. The zero-order chi connectivity index (χ0) is 65.6. The Bertz CT molecular complexity index is 6380. The van der Waals surface area contributed by atoms with Crippen LogP contribution in [0.15, 0.2) is 328 Å². The van der Waals surface area contributed by atoms with Crippen LogP contribution < -0.4 is 0 Å². The number of fused-ring (bicyclic) bond motifs is 19. The fraction of sp³-hybridized carbons (Fsp3) is 0.0217. The molecule has 6 nitrogen and oxygen atoms in total. The average Bonchev–Trinajstić information content (AvgIpc) is 1.52. The van der Waals surface area contributed by atoms with Crippen LogP contribution in [0.25, 0.3) is 153 Å². The van der Waals surface area contributed by atoms with Crippen LogP contribution in [0.2, 0.25) is 0 Å². The Morgan fingerprint density at radius 3 is 0.930 bits per heavy atom. The highest BCUT2D eigenvalue weighted by atomic mass is 32.1. The summed E-state index contributed by atoms with van der Waals surface area (Å²) in [5, 5.41) is 4.86. The zero-order valence-corrected chi connectivity index (χ0v) is 55.3. The van der Waals surface area contributed by atoms with Crippen LogP contribution in [0.4, 0.5) is 0 Å². The third-order valence-corrected chi connectivity index (χ3v) is 23.4. The molecule has 0 fully saturated rings. The van der Waals surface area contributed by atoms with Crippen LogP contribution in [0.5, 0.6) is 0 Å². The summed E-state index contributed by atoms with van der Waals surface area (Å²) in [7, 11) is 0. The minimum absolute atomic E-state index is 0.527. The summed E-state index contributed by atoms with van der Waals surface area (Å²) in [4.78, 5) is 32.0. The topological polar surface area (TPSA) is 77.3 Å². The quantitative estimate of drug-likeness (QED) is 0.143. The Kier molecular flexibility index (Phi) is 12.5. The number of nitrogens with zero attached hydrogens (tertiary/aromatic N) is 6. The van der Waals surface area contributed by atoms with Gasteiger partial charge in [0.15, 0.2) is 34.9 Å². The van der Waals surface area contributed by atoms with Crippen molar-refractivity contribution < 1.29 is 0 Å². The summed E-state index contributed by atoms with van der Waals surface area (Å²) in [5.74, 6) is 3.75. The number of benzene rings is 14. The second-order valence-corrected chi connectivity index (χ2v) is 28.5. The molecular formula is C92H54N6S2. The molecule has 3 aliphatic carbocycles. The number of thiophene rings is 2. The van der Waals surface area contributed by atoms with Crippen molar-refractivity contribution >= 4 is 63.0 Å². The Balaban J connectivity index is 0.669. The first-order chi connectivity index (χ1) is 49.5. The minimum Gasteiger partial charge on any atom is -0.208 e. The van der Waals surface area contributed by atoms with Crippen molar-refractivity contribution in [1.29, 1.82) is 0 Å². The highest BCUT2D eigenvalue weighted by Gasteiger charge is 2.52. The summed E-state index contributed by atoms with van der Waals surface area (Å²) < 4.78 is 4.99. The summed E-state index contributed by atoms with van der Waals surface area (Å²) in [5.41, 5.74) is 23.9. The van der Waals surface area contributed by atoms with Crippen molar-refractivity contribution in [2.75, 3.05) is 0 Å². The molecule has 0 amide bonds. The summed E-state index contributed by atoms with van der Waals surface area (Å²) in [6.07, 6.45) is 0. The van der Waals surface area contributed by atoms with E-state index in [1.54, 1.807) is 0 Å². The molecule has 4 aromatic heterocycles. The predicted molar refractivity (Wildman–Crippen MR) is 411 cm³/mol. The Hall–Kier alpha value is -12.5. The molecule has 1 atom stereocenters. The van der Waals surface area contributed by atoms with Crippen LogP contribution in [-0.2, 0) is 10.8 Å². The van der Waals surface area contributed by atoms with Crippen LogP contribution in [0.3, 0.4) is 0 Å². The normalized spacial score (nSPS) is 14.3. The molecule has 1 unspecified atom stereocenters. The highest BCUT2D eigenvalue weighted by molar-refractivity contribution is 7.26.